The molecule has 0 atom stereocenters. The van der Waals surface area contributed by atoms with Crippen molar-refractivity contribution in [3.05, 3.63) is 35.4 Å². The van der Waals surface area contributed by atoms with E-state index in [0.29, 0.717) is 12.5 Å². The van der Waals surface area contributed by atoms with E-state index in [0.717, 1.165) is 12.1 Å². The van der Waals surface area contributed by atoms with Crippen molar-refractivity contribution in [3.8, 4) is 0 Å². The molecule has 0 radical (unpaired) electrons. The molecule has 0 spiro atoms. The molecule has 2 heteroatoms. The third-order valence-corrected chi connectivity index (χ3v) is 4.01. The molecule has 0 saturated heterocycles. The van der Waals surface area contributed by atoms with Crippen LogP contribution in [0.4, 0.5) is 0 Å². The molecule has 2 nitrogen and oxygen atoms in total. The fourth-order valence-electron chi connectivity index (χ4n) is 2.69. The lowest BCUT2D eigenvalue weighted by Crippen LogP contribution is -2.31. The van der Waals surface area contributed by atoms with Crippen molar-refractivity contribution in [2.75, 3.05) is 13.6 Å². The number of benzene rings is 1. The molecule has 0 N–H and O–H groups in total. The van der Waals surface area contributed by atoms with Gasteiger partial charge in [0.05, 0.1) is 0 Å². The first-order chi connectivity index (χ1) is 8.66. The molecule has 18 heavy (non-hydrogen) atoms. The van der Waals surface area contributed by atoms with E-state index in [4.69, 9.17) is 0 Å². The van der Waals surface area contributed by atoms with Crippen LogP contribution in [-0.2, 0) is 0 Å². The Morgan fingerprint density at radius 3 is 2.44 bits per heavy atom. The van der Waals surface area contributed by atoms with E-state index >= 15 is 0 Å². The molecular weight excluding hydrogens is 222 g/mol. The molecule has 1 aliphatic rings. The molecule has 2 rings (SSSR count). The first-order valence-electron chi connectivity index (χ1n) is 6.97. The summed E-state index contributed by atoms with van der Waals surface area (Å²) in [7, 11) is 2.15. The van der Waals surface area contributed by atoms with Crippen molar-refractivity contribution in [1.29, 1.82) is 0 Å². The standard InChI is InChI=1S/C16H23NO/c1-13-7-9-14(10-8-13)16(18)11-12-17(2)15-5-3-4-6-15/h7-10,15H,3-6,11-12H2,1-2H3. The van der Waals surface area contributed by atoms with Gasteiger partial charge in [-0.1, -0.05) is 42.7 Å². The van der Waals surface area contributed by atoms with Crippen molar-refractivity contribution in [2.24, 2.45) is 0 Å². The molecule has 98 valence electrons. The summed E-state index contributed by atoms with van der Waals surface area (Å²) < 4.78 is 0. The van der Waals surface area contributed by atoms with E-state index in [9.17, 15) is 4.79 Å². The molecule has 1 fully saturated rings. The summed E-state index contributed by atoms with van der Waals surface area (Å²) in [5, 5.41) is 0. The Labute approximate surface area is 110 Å². The summed E-state index contributed by atoms with van der Waals surface area (Å²) in [6, 6.07) is 8.60. The van der Waals surface area contributed by atoms with Gasteiger partial charge < -0.3 is 4.90 Å². The zero-order valence-electron chi connectivity index (χ0n) is 11.5. The van der Waals surface area contributed by atoms with Crippen LogP contribution in [0.5, 0.6) is 0 Å². The molecular formula is C16H23NO. The van der Waals surface area contributed by atoms with Gasteiger partial charge in [0.25, 0.3) is 0 Å². The Bertz CT molecular complexity index is 390. The van der Waals surface area contributed by atoms with Crippen molar-refractivity contribution >= 4 is 5.78 Å². The highest BCUT2D eigenvalue weighted by atomic mass is 16.1. The van der Waals surface area contributed by atoms with E-state index in [1.165, 1.54) is 31.2 Å². The van der Waals surface area contributed by atoms with Crippen molar-refractivity contribution in [1.82, 2.24) is 4.90 Å². The minimum Gasteiger partial charge on any atom is -0.303 e. The summed E-state index contributed by atoms with van der Waals surface area (Å²) in [6.45, 7) is 2.93. The number of hydrogen-bond acceptors (Lipinski definition) is 2. The summed E-state index contributed by atoms with van der Waals surface area (Å²) in [6.07, 6.45) is 5.93. The molecule has 0 aromatic heterocycles. The van der Waals surface area contributed by atoms with Crippen molar-refractivity contribution < 1.29 is 4.79 Å². The summed E-state index contributed by atoms with van der Waals surface area (Å²) in [5.74, 6) is 0.264. The van der Waals surface area contributed by atoms with Crippen LogP contribution in [0, 0.1) is 6.92 Å². The van der Waals surface area contributed by atoms with Crippen LogP contribution in [0.25, 0.3) is 0 Å². The Kier molecular flexibility index (Phi) is 4.54. The fourth-order valence-corrected chi connectivity index (χ4v) is 2.69. The van der Waals surface area contributed by atoms with Gasteiger partial charge in [-0.2, -0.15) is 0 Å². The molecule has 0 unspecified atom stereocenters. The maximum atomic E-state index is 12.0. The minimum atomic E-state index is 0.264. The second-order valence-electron chi connectivity index (χ2n) is 5.46. The highest BCUT2D eigenvalue weighted by Crippen LogP contribution is 2.22. The van der Waals surface area contributed by atoms with Gasteiger partial charge in [-0.05, 0) is 26.8 Å². The lowest BCUT2D eigenvalue weighted by atomic mass is 10.1. The molecule has 1 saturated carbocycles. The smallest absolute Gasteiger partial charge is 0.164 e. The highest BCUT2D eigenvalue weighted by Gasteiger charge is 2.19. The lowest BCUT2D eigenvalue weighted by molar-refractivity contribution is 0.0961. The second kappa shape index (κ2) is 6.14. The molecule has 1 aromatic rings. The van der Waals surface area contributed by atoms with Crippen LogP contribution >= 0.6 is 0 Å². The maximum Gasteiger partial charge on any atom is 0.164 e. The zero-order valence-corrected chi connectivity index (χ0v) is 11.5. The predicted octanol–water partition coefficient (Wildman–Crippen LogP) is 3.44. The van der Waals surface area contributed by atoms with E-state index in [1.54, 1.807) is 0 Å². The van der Waals surface area contributed by atoms with Gasteiger partial charge in [-0.15, -0.1) is 0 Å². The largest absolute Gasteiger partial charge is 0.303 e. The van der Waals surface area contributed by atoms with Crippen LogP contribution < -0.4 is 0 Å². The highest BCUT2D eigenvalue weighted by molar-refractivity contribution is 5.96. The predicted molar refractivity (Wildman–Crippen MR) is 75.0 cm³/mol. The van der Waals surface area contributed by atoms with Crippen molar-refractivity contribution in [3.63, 3.8) is 0 Å². The van der Waals surface area contributed by atoms with Gasteiger partial charge in [0.1, 0.15) is 0 Å². The van der Waals surface area contributed by atoms with Gasteiger partial charge in [-0.25, -0.2) is 0 Å². The van der Waals surface area contributed by atoms with Crippen LogP contribution in [0.3, 0.4) is 0 Å². The fraction of sp³-hybridized carbons (Fsp3) is 0.562. The summed E-state index contributed by atoms with van der Waals surface area (Å²) in [5.41, 5.74) is 2.05. The number of carbonyl (C=O) groups excluding carboxylic acids is 1. The first kappa shape index (κ1) is 13.3. The van der Waals surface area contributed by atoms with Gasteiger partial charge in [0, 0.05) is 24.6 Å². The average Bonchev–Trinajstić information content (AvgIpc) is 2.90. The number of hydrogen-bond donors (Lipinski definition) is 0. The third kappa shape index (κ3) is 3.42. The van der Waals surface area contributed by atoms with E-state index in [1.807, 2.05) is 31.2 Å². The van der Waals surface area contributed by atoms with Gasteiger partial charge in [0.2, 0.25) is 0 Å². The van der Waals surface area contributed by atoms with Gasteiger partial charge in [-0.3, -0.25) is 4.79 Å². The molecule has 1 aliphatic carbocycles. The first-order valence-corrected chi connectivity index (χ1v) is 6.97. The second-order valence-corrected chi connectivity index (χ2v) is 5.46. The normalized spacial score (nSPS) is 16.4. The number of Topliss-reactive ketones (excluding diaryl/α,β-unsaturated/α-hetero) is 1. The van der Waals surface area contributed by atoms with Crippen LogP contribution in [0.1, 0.15) is 48.0 Å². The number of ketones is 1. The van der Waals surface area contributed by atoms with E-state index in [-0.39, 0.29) is 5.78 Å². The average molecular weight is 245 g/mol. The van der Waals surface area contributed by atoms with Gasteiger partial charge in [0.15, 0.2) is 5.78 Å². The zero-order chi connectivity index (χ0) is 13.0. The number of carbonyl (C=O) groups is 1. The number of rotatable bonds is 5. The van der Waals surface area contributed by atoms with E-state index in [2.05, 4.69) is 11.9 Å². The molecule has 0 heterocycles. The Balaban J connectivity index is 1.82. The summed E-state index contributed by atoms with van der Waals surface area (Å²) >= 11 is 0. The molecule has 1 aromatic carbocycles. The number of aryl methyl sites for hydroxylation is 1. The van der Waals surface area contributed by atoms with Crippen LogP contribution in [0.15, 0.2) is 24.3 Å². The quantitative estimate of drug-likeness (QED) is 0.741. The molecule has 0 amide bonds. The van der Waals surface area contributed by atoms with Crippen molar-refractivity contribution in [2.45, 2.75) is 45.1 Å². The number of nitrogens with zero attached hydrogens (tertiary/aromatic N) is 1. The third-order valence-electron chi connectivity index (χ3n) is 4.01. The summed E-state index contributed by atoms with van der Waals surface area (Å²) in [4.78, 5) is 14.4. The Hall–Kier alpha value is -1.15. The Morgan fingerprint density at radius 1 is 1.22 bits per heavy atom. The maximum absolute atomic E-state index is 12.0. The van der Waals surface area contributed by atoms with E-state index < -0.39 is 0 Å². The molecule has 0 bridgehead atoms. The topological polar surface area (TPSA) is 20.3 Å². The van der Waals surface area contributed by atoms with Gasteiger partial charge >= 0.3 is 0 Å². The SMILES string of the molecule is Cc1ccc(C(=O)CCN(C)C2CCCC2)cc1. The Morgan fingerprint density at radius 2 is 1.83 bits per heavy atom. The molecule has 0 aliphatic heterocycles. The monoisotopic (exact) mass is 245 g/mol. The minimum absolute atomic E-state index is 0.264. The lowest BCUT2D eigenvalue weighted by Gasteiger charge is -2.23. The van der Waals surface area contributed by atoms with Crippen LogP contribution in [0.2, 0.25) is 0 Å². The van der Waals surface area contributed by atoms with Crippen LogP contribution in [-0.4, -0.2) is 30.3 Å².